The van der Waals surface area contributed by atoms with Gasteiger partial charge in [0.2, 0.25) is 0 Å². The van der Waals surface area contributed by atoms with Crippen LogP contribution in [-0.4, -0.2) is 17.1 Å². The zero-order valence-corrected chi connectivity index (χ0v) is 11.6. The molecule has 1 aromatic carbocycles. The molecule has 3 N–H and O–H groups in total. The fraction of sp³-hybridized carbons (Fsp3) is 0.462. The molecule has 2 unspecified atom stereocenters. The lowest BCUT2D eigenvalue weighted by Gasteiger charge is -2.28. The molecule has 0 saturated heterocycles. The first-order chi connectivity index (χ1) is 8.74. The SMILES string of the molecule is NC1CCCC(Nc2c(Cl)ccc3scnc23)C1. The van der Waals surface area contributed by atoms with Gasteiger partial charge in [-0.05, 0) is 37.8 Å². The number of hydrogen-bond donors (Lipinski definition) is 2. The van der Waals surface area contributed by atoms with Crippen LogP contribution in [0.4, 0.5) is 5.69 Å². The topological polar surface area (TPSA) is 50.9 Å². The Labute approximate surface area is 115 Å². The molecule has 96 valence electrons. The standard InChI is InChI=1S/C13H16ClN3S/c14-10-4-5-11-13(16-7-18-11)12(10)17-9-3-1-2-8(15)6-9/h4-5,7-9,17H,1-3,6,15H2. The molecule has 1 aliphatic rings. The van der Waals surface area contributed by atoms with Crippen molar-refractivity contribution in [1.29, 1.82) is 0 Å². The summed E-state index contributed by atoms with van der Waals surface area (Å²) in [5.74, 6) is 0. The molecule has 5 heteroatoms. The minimum atomic E-state index is 0.310. The lowest BCUT2D eigenvalue weighted by molar-refractivity contribution is 0.410. The van der Waals surface area contributed by atoms with E-state index in [2.05, 4.69) is 10.3 Å². The number of hydrogen-bond acceptors (Lipinski definition) is 4. The van der Waals surface area contributed by atoms with Gasteiger partial charge in [0.05, 0.1) is 20.9 Å². The number of aromatic nitrogens is 1. The van der Waals surface area contributed by atoms with Crippen LogP contribution in [0, 0.1) is 0 Å². The van der Waals surface area contributed by atoms with E-state index in [0.717, 1.165) is 35.5 Å². The predicted octanol–water partition coefficient (Wildman–Crippen LogP) is 3.63. The highest BCUT2D eigenvalue weighted by Gasteiger charge is 2.20. The maximum Gasteiger partial charge on any atom is 0.106 e. The summed E-state index contributed by atoms with van der Waals surface area (Å²) >= 11 is 7.92. The lowest BCUT2D eigenvalue weighted by atomic mass is 9.91. The van der Waals surface area contributed by atoms with Gasteiger partial charge >= 0.3 is 0 Å². The van der Waals surface area contributed by atoms with Crippen molar-refractivity contribution < 1.29 is 0 Å². The number of benzene rings is 1. The summed E-state index contributed by atoms with van der Waals surface area (Å²) in [7, 11) is 0. The highest BCUT2D eigenvalue weighted by Crippen LogP contribution is 2.34. The van der Waals surface area contributed by atoms with Gasteiger partial charge in [0.1, 0.15) is 5.52 Å². The minimum absolute atomic E-state index is 0.310. The van der Waals surface area contributed by atoms with Gasteiger partial charge in [-0.1, -0.05) is 11.6 Å². The summed E-state index contributed by atoms with van der Waals surface area (Å²) < 4.78 is 1.17. The summed E-state index contributed by atoms with van der Waals surface area (Å²) in [6, 6.07) is 4.68. The van der Waals surface area contributed by atoms with E-state index < -0.39 is 0 Å². The van der Waals surface area contributed by atoms with Gasteiger partial charge in [-0.3, -0.25) is 0 Å². The van der Waals surface area contributed by atoms with Gasteiger partial charge in [0.15, 0.2) is 0 Å². The molecular formula is C13H16ClN3S. The van der Waals surface area contributed by atoms with Crippen molar-refractivity contribution in [2.75, 3.05) is 5.32 Å². The Morgan fingerprint density at radius 1 is 1.39 bits per heavy atom. The normalized spacial score (nSPS) is 24.3. The summed E-state index contributed by atoms with van der Waals surface area (Å²) in [5, 5.41) is 4.28. The third-order valence-electron chi connectivity index (χ3n) is 3.51. The van der Waals surface area contributed by atoms with Crippen LogP contribution in [0.25, 0.3) is 10.2 Å². The van der Waals surface area contributed by atoms with Crippen LogP contribution >= 0.6 is 22.9 Å². The van der Waals surface area contributed by atoms with Crippen molar-refractivity contribution in [1.82, 2.24) is 4.98 Å². The van der Waals surface area contributed by atoms with E-state index >= 15 is 0 Å². The maximum atomic E-state index is 6.29. The Hall–Kier alpha value is -0.840. The number of anilines is 1. The molecule has 1 saturated carbocycles. The number of nitrogens with zero attached hydrogens (tertiary/aromatic N) is 1. The van der Waals surface area contributed by atoms with Crippen molar-refractivity contribution in [3.63, 3.8) is 0 Å². The highest BCUT2D eigenvalue weighted by molar-refractivity contribution is 7.16. The number of nitrogens with two attached hydrogens (primary N) is 1. The Balaban J connectivity index is 1.89. The van der Waals surface area contributed by atoms with E-state index in [-0.39, 0.29) is 0 Å². The van der Waals surface area contributed by atoms with E-state index in [9.17, 15) is 0 Å². The first-order valence-corrected chi connectivity index (χ1v) is 7.53. The van der Waals surface area contributed by atoms with Crippen LogP contribution in [0.5, 0.6) is 0 Å². The van der Waals surface area contributed by atoms with Crippen LogP contribution in [-0.2, 0) is 0 Å². The Morgan fingerprint density at radius 3 is 3.11 bits per heavy atom. The van der Waals surface area contributed by atoms with Crippen LogP contribution in [0.1, 0.15) is 25.7 Å². The molecule has 1 aromatic heterocycles. The lowest BCUT2D eigenvalue weighted by Crippen LogP contribution is -2.35. The monoisotopic (exact) mass is 281 g/mol. The van der Waals surface area contributed by atoms with Crippen molar-refractivity contribution >= 4 is 38.8 Å². The highest BCUT2D eigenvalue weighted by atomic mass is 35.5. The van der Waals surface area contributed by atoms with E-state index in [1.54, 1.807) is 11.3 Å². The zero-order valence-electron chi connectivity index (χ0n) is 10.0. The van der Waals surface area contributed by atoms with E-state index in [1.807, 2.05) is 17.6 Å². The van der Waals surface area contributed by atoms with Crippen LogP contribution in [0.3, 0.4) is 0 Å². The first-order valence-electron chi connectivity index (χ1n) is 6.28. The molecule has 1 fully saturated rings. The second kappa shape index (κ2) is 5.03. The Kier molecular flexibility index (Phi) is 3.41. The average molecular weight is 282 g/mol. The van der Waals surface area contributed by atoms with E-state index in [0.29, 0.717) is 12.1 Å². The molecule has 0 aliphatic heterocycles. The molecule has 0 spiro atoms. The molecule has 0 amide bonds. The van der Waals surface area contributed by atoms with E-state index in [4.69, 9.17) is 17.3 Å². The Morgan fingerprint density at radius 2 is 2.28 bits per heavy atom. The zero-order chi connectivity index (χ0) is 12.5. The molecule has 3 rings (SSSR count). The molecule has 2 atom stereocenters. The molecule has 1 heterocycles. The molecule has 18 heavy (non-hydrogen) atoms. The third-order valence-corrected chi connectivity index (χ3v) is 4.62. The average Bonchev–Trinajstić information content (AvgIpc) is 2.81. The van der Waals surface area contributed by atoms with Crippen LogP contribution in [0.15, 0.2) is 17.6 Å². The molecule has 0 radical (unpaired) electrons. The van der Waals surface area contributed by atoms with Crippen molar-refractivity contribution in [2.24, 2.45) is 5.73 Å². The Bertz CT molecular complexity index is 554. The molecule has 2 aromatic rings. The molecular weight excluding hydrogens is 266 g/mol. The smallest absolute Gasteiger partial charge is 0.106 e. The second-order valence-electron chi connectivity index (χ2n) is 4.89. The number of nitrogens with one attached hydrogen (secondary N) is 1. The molecule has 0 bridgehead atoms. The third kappa shape index (κ3) is 2.32. The summed E-state index contributed by atoms with van der Waals surface area (Å²) in [5.41, 5.74) is 9.83. The summed E-state index contributed by atoms with van der Waals surface area (Å²) in [6.07, 6.45) is 4.48. The minimum Gasteiger partial charge on any atom is -0.379 e. The maximum absolute atomic E-state index is 6.29. The van der Waals surface area contributed by atoms with Crippen LogP contribution in [0.2, 0.25) is 5.02 Å². The van der Waals surface area contributed by atoms with Gasteiger partial charge in [-0.15, -0.1) is 11.3 Å². The number of thiazole rings is 1. The van der Waals surface area contributed by atoms with E-state index in [1.165, 1.54) is 11.1 Å². The van der Waals surface area contributed by atoms with Gasteiger partial charge < -0.3 is 11.1 Å². The summed E-state index contributed by atoms with van der Waals surface area (Å²) in [4.78, 5) is 4.40. The summed E-state index contributed by atoms with van der Waals surface area (Å²) in [6.45, 7) is 0. The quantitative estimate of drug-likeness (QED) is 0.884. The van der Waals surface area contributed by atoms with Gasteiger partial charge in [0, 0.05) is 12.1 Å². The molecule has 1 aliphatic carbocycles. The van der Waals surface area contributed by atoms with Gasteiger partial charge in [-0.2, -0.15) is 0 Å². The fourth-order valence-corrected chi connectivity index (χ4v) is 3.50. The number of halogens is 1. The first kappa shape index (κ1) is 12.2. The van der Waals surface area contributed by atoms with Gasteiger partial charge in [0.25, 0.3) is 0 Å². The number of fused-ring (bicyclic) bond motifs is 1. The molecule has 3 nitrogen and oxygen atoms in total. The number of rotatable bonds is 2. The van der Waals surface area contributed by atoms with Crippen molar-refractivity contribution in [3.8, 4) is 0 Å². The van der Waals surface area contributed by atoms with Crippen molar-refractivity contribution in [3.05, 3.63) is 22.7 Å². The largest absolute Gasteiger partial charge is 0.379 e. The van der Waals surface area contributed by atoms with Gasteiger partial charge in [-0.25, -0.2) is 4.98 Å². The second-order valence-corrected chi connectivity index (χ2v) is 6.18. The van der Waals surface area contributed by atoms with Crippen LogP contribution < -0.4 is 11.1 Å². The van der Waals surface area contributed by atoms with Crippen molar-refractivity contribution in [2.45, 2.75) is 37.8 Å². The predicted molar refractivity (Wildman–Crippen MR) is 78.5 cm³/mol. The fourth-order valence-electron chi connectivity index (χ4n) is 2.61.